The quantitative estimate of drug-likeness (QED) is 0.571. The van der Waals surface area contributed by atoms with Crippen molar-refractivity contribution in [2.75, 3.05) is 26.7 Å². The second-order valence-corrected chi connectivity index (χ2v) is 8.29. The average molecular weight is 431 g/mol. The molecule has 0 saturated carbocycles. The number of methoxy groups -OCH3 is 1. The van der Waals surface area contributed by atoms with Gasteiger partial charge in [0, 0.05) is 19.6 Å². The summed E-state index contributed by atoms with van der Waals surface area (Å²) in [5.74, 6) is 0.340. The number of hydrogen-bond acceptors (Lipinski definition) is 4. The Morgan fingerprint density at radius 2 is 1.56 bits per heavy atom. The van der Waals surface area contributed by atoms with Gasteiger partial charge in [0.05, 0.1) is 25.2 Å². The fourth-order valence-electron chi connectivity index (χ4n) is 4.35. The van der Waals surface area contributed by atoms with Gasteiger partial charge in [-0.1, -0.05) is 72.8 Å². The number of nitrogens with zero attached hydrogens (tertiary/aromatic N) is 1. The first kappa shape index (κ1) is 22.1. The molecule has 3 aromatic rings. The Labute approximate surface area is 189 Å². The van der Waals surface area contributed by atoms with E-state index in [1.807, 2.05) is 84.9 Å². The van der Waals surface area contributed by atoms with E-state index in [0.717, 1.165) is 35.4 Å². The number of likely N-dealkylation sites (tertiary alicyclic amines) is 1. The van der Waals surface area contributed by atoms with Crippen molar-refractivity contribution in [1.82, 2.24) is 10.2 Å². The van der Waals surface area contributed by atoms with Crippen LogP contribution in [0.15, 0.2) is 84.9 Å². The molecular weight excluding hydrogens is 400 g/mol. The van der Waals surface area contributed by atoms with Gasteiger partial charge in [0.15, 0.2) is 0 Å². The second-order valence-electron chi connectivity index (χ2n) is 8.29. The molecule has 5 nitrogen and oxygen atoms in total. The molecule has 4 rings (SSSR count). The van der Waals surface area contributed by atoms with Crippen molar-refractivity contribution in [3.63, 3.8) is 0 Å². The molecule has 1 saturated heterocycles. The number of hydrogen-bond donors (Lipinski definition) is 2. The third-order valence-electron chi connectivity index (χ3n) is 6.05. The zero-order valence-corrected chi connectivity index (χ0v) is 18.4. The number of rotatable bonds is 8. The van der Waals surface area contributed by atoms with Gasteiger partial charge in [-0.2, -0.15) is 0 Å². The van der Waals surface area contributed by atoms with E-state index in [9.17, 15) is 9.90 Å². The standard InChI is InChI=1S/C27H30N2O3/c1-32-24-14-12-20(13-15-24)25(19-29-17-16-23(30)18-29)28-27(31)26(21-8-4-2-5-9-21)22-10-6-3-7-11-22/h2-15,23,25-26,30H,16-19H2,1H3,(H,28,31)/t23?,25-/m1/s1. The first-order valence-electron chi connectivity index (χ1n) is 11.1. The van der Waals surface area contributed by atoms with E-state index < -0.39 is 5.92 Å². The molecule has 1 heterocycles. The molecule has 3 aromatic carbocycles. The SMILES string of the molecule is COc1ccc([C@@H](CN2CCC(O)C2)NC(=O)C(c2ccccc2)c2ccccc2)cc1. The zero-order chi connectivity index (χ0) is 22.3. The van der Waals surface area contributed by atoms with Crippen LogP contribution >= 0.6 is 0 Å². The third kappa shape index (κ3) is 5.36. The Hall–Kier alpha value is -3.15. The van der Waals surface area contributed by atoms with Crippen LogP contribution in [-0.4, -0.2) is 48.8 Å². The lowest BCUT2D eigenvalue weighted by Gasteiger charge is -2.27. The minimum atomic E-state index is -0.401. The van der Waals surface area contributed by atoms with Crippen LogP contribution in [0.5, 0.6) is 5.75 Å². The highest BCUT2D eigenvalue weighted by atomic mass is 16.5. The molecule has 5 heteroatoms. The number of nitrogens with one attached hydrogen (secondary N) is 1. The van der Waals surface area contributed by atoms with Crippen molar-refractivity contribution >= 4 is 5.91 Å². The van der Waals surface area contributed by atoms with Crippen molar-refractivity contribution in [3.8, 4) is 5.75 Å². The average Bonchev–Trinajstić information content (AvgIpc) is 3.25. The highest BCUT2D eigenvalue weighted by Gasteiger charge is 2.28. The van der Waals surface area contributed by atoms with Gasteiger partial charge in [-0.25, -0.2) is 0 Å². The van der Waals surface area contributed by atoms with Gasteiger partial charge in [-0.15, -0.1) is 0 Å². The van der Waals surface area contributed by atoms with Gasteiger partial charge in [-0.3, -0.25) is 9.69 Å². The predicted molar refractivity (Wildman–Crippen MR) is 126 cm³/mol. The van der Waals surface area contributed by atoms with Crippen molar-refractivity contribution in [2.24, 2.45) is 0 Å². The summed E-state index contributed by atoms with van der Waals surface area (Å²) in [6.07, 6.45) is 0.462. The van der Waals surface area contributed by atoms with Gasteiger partial charge in [-0.05, 0) is 35.2 Å². The van der Waals surface area contributed by atoms with Crippen molar-refractivity contribution in [3.05, 3.63) is 102 Å². The first-order valence-corrected chi connectivity index (χ1v) is 11.1. The molecule has 1 aliphatic rings. The minimum Gasteiger partial charge on any atom is -0.497 e. The van der Waals surface area contributed by atoms with E-state index in [-0.39, 0.29) is 18.1 Å². The number of amides is 1. The van der Waals surface area contributed by atoms with Crippen LogP contribution in [0.2, 0.25) is 0 Å². The first-order chi connectivity index (χ1) is 15.6. The van der Waals surface area contributed by atoms with E-state index in [1.165, 1.54) is 0 Å². The number of aliphatic hydroxyl groups excluding tert-OH is 1. The van der Waals surface area contributed by atoms with E-state index >= 15 is 0 Å². The summed E-state index contributed by atoms with van der Waals surface area (Å²) >= 11 is 0. The molecule has 0 spiro atoms. The summed E-state index contributed by atoms with van der Waals surface area (Å²) in [6, 6.07) is 27.4. The van der Waals surface area contributed by atoms with Gasteiger partial charge in [0.25, 0.3) is 0 Å². The van der Waals surface area contributed by atoms with E-state index in [1.54, 1.807) is 7.11 Å². The molecule has 0 aromatic heterocycles. The van der Waals surface area contributed by atoms with Gasteiger partial charge >= 0.3 is 0 Å². The molecule has 1 aliphatic heterocycles. The molecule has 2 N–H and O–H groups in total. The van der Waals surface area contributed by atoms with Crippen LogP contribution in [0.4, 0.5) is 0 Å². The van der Waals surface area contributed by atoms with Crippen molar-refractivity contribution in [1.29, 1.82) is 0 Å². The summed E-state index contributed by atoms with van der Waals surface area (Å²) in [7, 11) is 1.64. The van der Waals surface area contributed by atoms with Crippen LogP contribution in [0.1, 0.15) is 35.1 Å². The maximum atomic E-state index is 13.7. The summed E-state index contributed by atoms with van der Waals surface area (Å²) in [4.78, 5) is 15.9. The number of aliphatic hydroxyl groups is 1. The topological polar surface area (TPSA) is 61.8 Å². The molecule has 2 atom stereocenters. The predicted octanol–water partition coefficient (Wildman–Crippen LogP) is 3.75. The lowest BCUT2D eigenvalue weighted by Crippen LogP contribution is -2.39. The fourth-order valence-corrected chi connectivity index (χ4v) is 4.35. The number of carbonyl (C=O) groups is 1. The Balaban J connectivity index is 1.61. The summed E-state index contributed by atoms with van der Waals surface area (Å²) in [6.45, 7) is 2.10. The largest absolute Gasteiger partial charge is 0.497 e. The summed E-state index contributed by atoms with van der Waals surface area (Å²) in [5.41, 5.74) is 2.93. The van der Waals surface area contributed by atoms with Gasteiger partial charge < -0.3 is 15.2 Å². The van der Waals surface area contributed by atoms with E-state index in [2.05, 4.69) is 10.2 Å². The van der Waals surface area contributed by atoms with Crippen LogP contribution in [0, 0.1) is 0 Å². The van der Waals surface area contributed by atoms with E-state index in [0.29, 0.717) is 13.1 Å². The number of carbonyl (C=O) groups excluding carboxylic acids is 1. The second kappa shape index (κ2) is 10.4. The minimum absolute atomic E-state index is 0.0389. The van der Waals surface area contributed by atoms with Crippen LogP contribution in [0.3, 0.4) is 0 Å². The highest BCUT2D eigenvalue weighted by molar-refractivity contribution is 5.87. The van der Waals surface area contributed by atoms with Crippen molar-refractivity contribution < 1.29 is 14.6 Å². The molecule has 0 bridgehead atoms. The Morgan fingerprint density at radius 3 is 2.06 bits per heavy atom. The van der Waals surface area contributed by atoms with Crippen LogP contribution < -0.4 is 10.1 Å². The molecule has 0 aliphatic carbocycles. The van der Waals surface area contributed by atoms with Gasteiger partial charge in [0.2, 0.25) is 5.91 Å². The highest BCUT2D eigenvalue weighted by Crippen LogP contribution is 2.27. The molecule has 1 amide bonds. The van der Waals surface area contributed by atoms with E-state index in [4.69, 9.17) is 4.74 Å². The third-order valence-corrected chi connectivity index (χ3v) is 6.05. The normalized spacial score (nSPS) is 17.3. The molecule has 32 heavy (non-hydrogen) atoms. The monoisotopic (exact) mass is 430 g/mol. The Kier molecular flexibility index (Phi) is 7.20. The fraction of sp³-hybridized carbons (Fsp3) is 0.296. The molecule has 1 unspecified atom stereocenters. The van der Waals surface area contributed by atoms with Crippen molar-refractivity contribution in [2.45, 2.75) is 24.5 Å². The lowest BCUT2D eigenvalue weighted by atomic mass is 9.90. The van der Waals surface area contributed by atoms with Crippen LogP contribution in [0.25, 0.3) is 0 Å². The molecule has 1 fully saturated rings. The molecule has 0 radical (unpaired) electrons. The van der Waals surface area contributed by atoms with Gasteiger partial charge in [0.1, 0.15) is 5.75 Å². The maximum Gasteiger partial charge on any atom is 0.232 e. The Morgan fingerprint density at radius 1 is 0.969 bits per heavy atom. The zero-order valence-electron chi connectivity index (χ0n) is 18.4. The maximum absolute atomic E-state index is 13.7. The molecular formula is C27H30N2O3. The smallest absolute Gasteiger partial charge is 0.232 e. The number of β-amino-alcohol motifs (C(OH)–C–C–N with tert-alkyl or cyclic N) is 1. The Bertz CT molecular complexity index is 953. The molecule has 166 valence electrons. The number of ether oxygens (including phenoxy) is 1. The summed E-state index contributed by atoms with van der Waals surface area (Å²) < 4.78 is 5.30. The van der Waals surface area contributed by atoms with Crippen LogP contribution in [-0.2, 0) is 4.79 Å². The number of benzene rings is 3. The lowest BCUT2D eigenvalue weighted by molar-refractivity contribution is -0.122. The summed E-state index contributed by atoms with van der Waals surface area (Å²) in [5, 5.41) is 13.3.